The highest BCUT2D eigenvalue weighted by molar-refractivity contribution is 7.47. The van der Waals surface area contributed by atoms with Crippen molar-refractivity contribution in [2.45, 2.75) is 49.1 Å². The molecule has 9 N–H and O–H groups in total. The summed E-state index contributed by atoms with van der Waals surface area (Å²) in [6.45, 7) is -1.63. The minimum atomic E-state index is -5.14. The molecule has 2 saturated heterocycles. The molecule has 0 aromatic carbocycles. The quantitative estimate of drug-likeness (QED) is 0.0829. The molecule has 0 radical (unpaired) electrons. The second-order valence-corrected chi connectivity index (χ2v) is 12.6. The Morgan fingerprint density at radius 1 is 1.07 bits per heavy atom. The molecule has 2 aliphatic heterocycles. The zero-order chi connectivity index (χ0) is 32.9. The molecule has 6 unspecified atom stereocenters. The molecular weight excluding hydrogens is 665 g/mol. The Morgan fingerprint density at radius 3 is 2.48 bits per heavy atom. The molecule has 4 aromatic rings. The molecule has 6 rings (SSSR count). The van der Waals surface area contributed by atoms with Crippen molar-refractivity contribution in [3.05, 3.63) is 29.3 Å². The first-order valence-electron chi connectivity index (χ1n) is 13.3. The van der Waals surface area contributed by atoms with Gasteiger partial charge in [-0.1, -0.05) is 0 Å². The number of rotatable bonds is 11. The van der Waals surface area contributed by atoms with Crippen LogP contribution in [0, 0.1) is 0 Å². The molecule has 0 bridgehead atoms. The standard InChI is InChI=1S/C21H27FN10O12P2/c22-9-13(40-6-45(36)37)8(43-19(9)32-5-28-11-17(32)29-21(24)30-18(11)35)2-41-46(38,39)44-14-7(1-33)42-20(12(14)34)31-4-27-10-15(23)25-3-26-16(10)31/h3-5,7-9,12-14,19-20,33-34,45H,1-2,6H2,(H,36,37)(H,38,39)(H2,23,25,26)(H3,24,29,30,35)/t7-,8-,9?,12?,13?,14?,19-,20-/m1/s1. The van der Waals surface area contributed by atoms with Crippen LogP contribution in [0.3, 0.4) is 0 Å². The summed E-state index contributed by atoms with van der Waals surface area (Å²) < 4.78 is 69.3. The van der Waals surface area contributed by atoms with Gasteiger partial charge in [-0.15, -0.1) is 0 Å². The molecule has 0 aliphatic carbocycles. The van der Waals surface area contributed by atoms with Gasteiger partial charge in [0.2, 0.25) is 14.0 Å². The van der Waals surface area contributed by atoms with Gasteiger partial charge in [-0.05, 0) is 0 Å². The number of ether oxygens (including phenoxy) is 3. The highest BCUT2D eigenvalue weighted by Crippen LogP contribution is 2.49. The number of nitrogens with zero attached hydrogens (tertiary/aromatic N) is 7. The van der Waals surface area contributed by atoms with Gasteiger partial charge < -0.3 is 45.7 Å². The number of nitrogens with one attached hydrogen (secondary N) is 1. The summed E-state index contributed by atoms with van der Waals surface area (Å²) in [5.41, 5.74) is 10.7. The number of hydrogen-bond donors (Lipinski definition) is 7. The number of phosphoric acid groups is 1. The average molecular weight is 692 g/mol. The van der Waals surface area contributed by atoms with E-state index in [2.05, 4.69) is 29.9 Å². The fraction of sp³-hybridized carbons (Fsp3) is 0.524. The van der Waals surface area contributed by atoms with Gasteiger partial charge in [0.1, 0.15) is 48.7 Å². The van der Waals surface area contributed by atoms with Gasteiger partial charge in [-0.25, -0.2) is 28.9 Å². The van der Waals surface area contributed by atoms with Crippen LogP contribution in [0.25, 0.3) is 22.3 Å². The van der Waals surface area contributed by atoms with E-state index in [-0.39, 0.29) is 34.1 Å². The predicted molar refractivity (Wildman–Crippen MR) is 150 cm³/mol. The van der Waals surface area contributed by atoms with E-state index in [1.807, 2.05) is 0 Å². The van der Waals surface area contributed by atoms with E-state index in [9.17, 15) is 33.9 Å². The van der Waals surface area contributed by atoms with Crippen molar-refractivity contribution in [2.75, 3.05) is 31.0 Å². The number of aliphatic hydroxyl groups is 2. The molecule has 22 nitrogen and oxygen atoms in total. The highest BCUT2D eigenvalue weighted by atomic mass is 31.2. The molecule has 6 heterocycles. The van der Waals surface area contributed by atoms with E-state index in [4.69, 9.17) is 34.7 Å². The van der Waals surface area contributed by atoms with Crippen LogP contribution in [0.2, 0.25) is 0 Å². The fourth-order valence-corrected chi connectivity index (χ4v) is 6.48. The van der Waals surface area contributed by atoms with E-state index < -0.39 is 90.1 Å². The van der Waals surface area contributed by atoms with Gasteiger partial charge >= 0.3 is 7.82 Å². The van der Waals surface area contributed by atoms with E-state index in [0.717, 1.165) is 17.2 Å². The molecule has 4 aromatic heterocycles. The number of fused-ring (bicyclic) bond motifs is 2. The van der Waals surface area contributed by atoms with Crippen LogP contribution < -0.4 is 17.0 Å². The van der Waals surface area contributed by atoms with Gasteiger partial charge in [0.05, 0.1) is 25.9 Å². The second-order valence-electron chi connectivity index (χ2n) is 10.1. The zero-order valence-electron chi connectivity index (χ0n) is 23.1. The largest absolute Gasteiger partial charge is 0.472 e. The Balaban J connectivity index is 1.19. The number of anilines is 2. The third-order valence-electron chi connectivity index (χ3n) is 7.20. The number of hydrogen-bond acceptors (Lipinski definition) is 17. The van der Waals surface area contributed by atoms with Gasteiger partial charge in [-0.3, -0.25) is 32.5 Å². The molecular formula is C21H27FN10O12P2. The average Bonchev–Trinajstić information content (AvgIpc) is 3.76. The van der Waals surface area contributed by atoms with Crippen LogP contribution in [0.1, 0.15) is 12.5 Å². The summed E-state index contributed by atoms with van der Waals surface area (Å²) in [7, 11) is -8.38. The number of nitrogens with two attached hydrogens (primary N) is 2. The predicted octanol–water partition coefficient (Wildman–Crippen LogP) is -2.08. The van der Waals surface area contributed by atoms with Crippen molar-refractivity contribution in [1.82, 2.24) is 39.0 Å². The maximum Gasteiger partial charge on any atom is 0.472 e. The number of halogens is 1. The van der Waals surface area contributed by atoms with E-state index >= 15 is 4.39 Å². The SMILES string of the molecule is Nc1nc2c(ncn2[C@@H]2O[C@H](COP(=O)(O)OC3C(O)[C@H](n4cnc5c(N)ncnc54)O[C@@H]3CO)C(OC[PH](=O)O)C2F)c(=O)[nH]1. The Hall–Kier alpha value is -3.47. The van der Waals surface area contributed by atoms with Crippen molar-refractivity contribution in [3.63, 3.8) is 0 Å². The number of alkyl halides is 1. The Labute approximate surface area is 255 Å². The van der Waals surface area contributed by atoms with Crippen LogP contribution in [-0.2, 0) is 32.4 Å². The summed E-state index contributed by atoms with van der Waals surface area (Å²) in [4.78, 5) is 54.0. The lowest BCUT2D eigenvalue weighted by atomic mass is 10.1. The lowest BCUT2D eigenvalue weighted by Crippen LogP contribution is -2.36. The van der Waals surface area contributed by atoms with Crippen molar-refractivity contribution < 1.29 is 56.8 Å². The van der Waals surface area contributed by atoms with Crippen LogP contribution in [0.15, 0.2) is 23.8 Å². The molecule has 10 atom stereocenters. The number of nitrogen functional groups attached to an aromatic ring is 2. The molecule has 0 amide bonds. The smallest absolute Gasteiger partial charge is 0.394 e. The zero-order valence-corrected chi connectivity index (χ0v) is 25.0. The van der Waals surface area contributed by atoms with E-state index in [1.165, 1.54) is 10.9 Å². The summed E-state index contributed by atoms with van der Waals surface area (Å²) in [5, 5.41) is 20.9. The second kappa shape index (κ2) is 12.6. The molecule has 0 saturated carbocycles. The van der Waals surface area contributed by atoms with Crippen molar-refractivity contribution >= 4 is 49.9 Å². The Kier molecular flexibility index (Phi) is 8.91. The molecule has 46 heavy (non-hydrogen) atoms. The first-order valence-corrected chi connectivity index (χ1v) is 16.3. The van der Waals surface area contributed by atoms with Crippen LogP contribution >= 0.6 is 15.9 Å². The van der Waals surface area contributed by atoms with Gasteiger partial charge in [-0.2, -0.15) is 4.98 Å². The normalized spacial score (nSPS) is 30.3. The lowest BCUT2D eigenvalue weighted by Gasteiger charge is -2.24. The van der Waals surface area contributed by atoms with Crippen molar-refractivity contribution in [1.29, 1.82) is 0 Å². The molecule has 25 heteroatoms. The van der Waals surface area contributed by atoms with Crippen molar-refractivity contribution in [3.8, 4) is 0 Å². The third kappa shape index (κ3) is 6.02. The minimum Gasteiger partial charge on any atom is -0.394 e. The Bertz CT molecular complexity index is 1880. The molecule has 2 aliphatic rings. The van der Waals surface area contributed by atoms with E-state index in [0.29, 0.717) is 0 Å². The maximum absolute atomic E-state index is 15.7. The number of aromatic amines is 1. The highest BCUT2D eigenvalue weighted by Gasteiger charge is 2.51. The minimum absolute atomic E-state index is 0.0481. The van der Waals surface area contributed by atoms with Gasteiger partial charge in [0.15, 0.2) is 41.3 Å². The first kappa shape index (κ1) is 32.5. The molecule has 250 valence electrons. The number of imidazole rings is 2. The number of phosphoric ester groups is 1. The fourth-order valence-electron chi connectivity index (χ4n) is 5.18. The molecule has 2 fully saturated rings. The number of H-pyrrole nitrogens is 1. The summed E-state index contributed by atoms with van der Waals surface area (Å²) in [6, 6.07) is 0. The van der Waals surface area contributed by atoms with Crippen LogP contribution in [0.4, 0.5) is 16.2 Å². The topological polar surface area (TPSA) is 320 Å². The summed E-state index contributed by atoms with van der Waals surface area (Å²) in [5.74, 6) is -0.246. The molecule has 0 spiro atoms. The van der Waals surface area contributed by atoms with Crippen molar-refractivity contribution in [2.24, 2.45) is 0 Å². The number of aromatic nitrogens is 8. The monoisotopic (exact) mass is 692 g/mol. The lowest BCUT2D eigenvalue weighted by molar-refractivity contribution is -0.0619. The first-order chi connectivity index (χ1) is 21.9. The van der Waals surface area contributed by atoms with E-state index in [1.54, 1.807) is 0 Å². The third-order valence-corrected chi connectivity index (χ3v) is 8.60. The van der Waals surface area contributed by atoms with Crippen LogP contribution in [-0.4, -0.2) is 115 Å². The van der Waals surface area contributed by atoms with Crippen LogP contribution in [0.5, 0.6) is 0 Å². The number of aliphatic hydroxyl groups excluding tert-OH is 2. The van der Waals surface area contributed by atoms with Gasteiger partial charge in [0, 0.05) is 0 Å². The maximum atomic E-state index is 15.7. The summed E-state index contributed by atoms with van der Waals surface area (Å²) in [6.07, 6.45) is -10.1. The summed E-state index contributed by atoms with van der Waals surface area (Å²) >= 11 is 0. The van der Waals surface area contributed by atoms with Gasteiger partial charge in [0.25, 0.3) is 5.56 Å². The Morgan fingerprint density at radius 2 is 1.76 bits per heavy atom.